The first-order chi connectivity index (χ1) is 8.05. The molecule has 0 saturated carbocycles. The van der Waals surface area contributed by atoms with Crippen molar-refractivity contribution >= 4 is 16.0 Å². The standard InChI is InChI=1S/C11H13NO4S/c13-11-6-10(7-16-11)12-17(14,15)8-9-4-2-1-3-5-9/h1-5,10,12H,6-8H2/t10-/m1/s1. The number of hydrogen-bond donors (Lipinski definition) is 1. The maximum Gasteiger partial charge on any atom is 0.307 e. The molecule has 1 saturated heterocycles. The van der Waals surface area contributed by atoms with E-state index in [0.717, 1.165) is 0 Å². The van der Waals surface area contributed by atoms with E-state index < -0.39 is 16.1 Å². The molecule has 1 aromatic rings. The van der Waals surface area contributed by atoms with Crippen LogP contribution >= 0.6 is 0 Å². The van der Waals surface area contributed by atoms with E-state index in [1.807, 2.05) is 6.07 Å². The summed E-state index contributed by atoms with van der Waals surface area (Å²) in [6.07, 6.45) is 0.105. The normalized spacial score (nSPS) is 20.2. The van der Waals surface area contributed by atoms with Crippen LogP contribution in [0.25, 0.3) is 0 Å². The molecule has 0 amide bonds. The third-order valence-corrected chi connectivity index (χ3v) is 3.81. The van der Waals surface area contributed by atoms with Gasteiger partial charge in [0.1, 0.15) is 6.61 Å². The van der Waals surface area contributed by atoms with Gasteiger partial charge < -0.3 is 4.74 Å². The van der Waals surface area contributed by atoms with E-state index >= 15 is 0 Å². The van der Waals surface area contributed by atoms with Crippen molar-refractivity contribution in [2.75, 3.05) is 6.61 Å². The monoisotopic (exact) mass is 255 g/mol. The predicted molar refractivity (Wildman–Crippen MR) is 61.6 cm³/mol. The average molecular weight is 255 g/mol. The molecule has 0 aromatic heterocycles. The molecule has 0 unspecified atom stereocenters. The van der Waals surface area contributed by atoms with Gasteiger partial charge >= 0.3 is 5.97 Å². The Morgan fingerprint density at radius 3 is 2.59 bits per heavy atom. The van der Waals surface area contributed by atoms with Gasteiger partial charge in [-0.25, -0.2) is 13.1 Å². The van der Waals surface area contributed by atoms with Gasteiger partial charge in [0.2, 0.25) is 10.0 Å². The lowest BCUT2D eigenvalue weighted by molar-refractivity contribution is -0.137. The molecule has 92 valence electrons. The zero-order valence-corrected chi connectivity index (χ0v) is 9.94. The Bertz CT molecular complexity index is 497. The molecule has 1 aliphatic heterocycles. The van der Waals surface area contributed by atoms with Gasteiger partial charge in [-0.05, 0) is 5.56 Å². The van der Waals surface area contributed by atoms with E-state index in [1.54, 1.807) is 24.3 Å². The quantitative estimate of drug-likeness (QED) is 0.791. The second-order valence-corrected chi connectivity index (χ2v) is 5.70. The summed E-state index contributed by atoms with van der Waals surface area (Å²) in [7, 11) is -3.42. The number of carbonyl (C=O) groups is 1. The summed E-state index contributed by atoms with van der Waals surface area (Å²) in [5.41, 5.74) is 0.713. The number of cyclic esters (lactones) is 1. The molecule has 0 bridgehead atoms. The number of sulfonamides is 1. The largest absolute Gasteiger partial charge is 0.464 e. The van der Waals surface area contributed by atoms with Crippen molar-refractivity contribution in [2.24, 2.45) is 0 Å². The second-order valence-electron chi connectivity index (χ2n) is 3.95. The van der Waals surface area contributed by atoms with Crippen molar-refractivity contribution in [2.45, 2.75) is 18.2 Å². The SMILES string of the molecule is O=C1C[C@@H](NS(=O)(=O)Cc2ccccc2)CO1. The molecule has 0 spiro atoms. The highest BCUT2D eigenvalue weighted by Gasteiger charge is 2.27. The number of ether oxygens (including phenoxy) is 1. The van der Waals surface area contributed by atoms with Crippen molar-refractivity contribution < 1.29 is 17.9 Å². The summed E-state index contributed by atoms with van der Waals surface area (Å²) in [4.78, 5) is 10.8. The van der Waals surface area contributed by atoms with Gasteiger partial charge in [-0.2, -0.15) is 0 Å². The molecule has 2 rings (SSSR count). The van der Waals surface area contributed by atoms with E-state index in [-0.39, 0.29) is 24.7 Å². The van der Waals surface area contributed by atoms with Crippen LogP contribution in [0.5, 0.6) is 0 Å². The van der Waals surface area contributed by atoms with Crippen LogP contribution in [0.3, 0.4) is 0 Å². The van der Waals surface area contributed by atoms with Gasteiger partial charge in [0, 0.05) is 0 Å². The smallest absolute Gasteiger partial charge is 0.307 e. The molecule has 1 N–H and O–H groups in total. The van der Waals surface area contributed by atoms with Crippen LogP contribution in [0.1, 0.15) is 12.0 Å². The number of benzene rings is 1. The highest BCUT2D eigenvalue weighted by Crippen LogP contribution is 2.10. The highest BCUT2D eigenvalue weighted by atomic mass is 32.2. The molecule has 5 nitrogen and oxygen atoms in total. The van der Waals surface area contributed by atoms with Crippen LogP contribution in [0, 0.1) is 0 Å². The van der Waals surface area contributed by atoms with Gasteiger partial charge in [0.25, 0.3) is 0 Å². The van der Waals surface area contributed by atoms with Crippen LogP contribution in [-0.4, -0.2) is 27.0 Å². The first kappa shape index (κ1) is 12.1. The maximum atomic E-state index is 11.8. The maximum absolute atomic E-state index is 11.8. The van der Waals surface area contributed by atoms with Gasteiger partial charge in [0.15, 0.2) is 0 Å². The number of carbonyl (C=O) groups excluding carboxylic acids is 1. The van der Waals surface area contributed by atoms with E-state index in [9.17, 15) is 13.2 Å². The van der Waals surface area contributed by atoms with E-state index in [0.29, 0.717) is 5.56 Å². The van der Waals surface area contributed by atoms with Crippen molar-refractivity contribution in [3.8, 4) is 0 Å². The molecular weight excluding hydrogens is 242 g/mol. The molecule has 1 aliphatic rings. The fourth-order valence-electron chi connectivity index (χ4n) is 1.68. The molecule has 17 heavy (non-hydrogen) atoms. The van der Waals surface area contributed by atoms with Gasteiger partial charge in [0.05, 0.1) is 18.2 Å². The van der Waals surface area contributed by atoms with Crippen molar-refractivity contribution in [3.05, 3.63) is 35.9 Å². The lowest BCUT2D eigenvalue weighted by Crippen LogP contribution is -2.35. The number of esters is 1. The van der Waals surface area contributed by atoms with Crippen LogP contribution in [0.15, 0.2) is 30.3 Å². The lowest BCUT2D eigenvalue weighted by atomic mass is 10.2. The van der Waals surface area contributed by atoms with Crippen LogP contribution < -0.4 is 4.72 Å². The third-order valence-electron chi connectivity index (χ3n) is 2.40. The second kappa shape index (κ2) is 4.85. The summed E-state index contributed by atoms with van der Waals surface area (Å²) in [5.74, 6) is -0.448. The van der Waals surface area contributed by atoms with Gasteiger partial charge in [-0.1, -0.05) is 30.3 Å². The summed E-state index contributed by atoms with van der Waals surface area (Å²) in [5, 5.41) is 0. The van der Waals surface area contributed by atoms with Crippen molar-refractivity contribution in [3.63, 3.8) is 0 Å². The first-order valence-electron chi connectivity index (χ1n) is 5.25. The topological polar surface area (TPSA) is 72.5 Å². The zero-order chi connectivity index (χ0) is 12.3. The molecular formula is C11H13NO4S. The fraction of sp³-hybridized carbons (Fsp3) is 0.364. The number of nitrogens with one attached hydrogen (secondary N) is 1. The predicted octanol–water partition coefficient (Wildman–Crippen LogP) is 0.421. The average Bonchev–Trinajstić information content (AvgIpc) is 2.63. The van der Waals surface area contributed by atoms with Crippen LogP contribution in [-0.2, 0) is 25.3 Å². The minimum Gasteiger partial charge on any atom is -0.464 e. The number of rotatable bonds is 4. The molecule has 1 fully saturated rings. The molecule has 6 heteroatoms. The molecule has 1 atom stereocenters. The fourth-order valence-corrected chi connectivity index (χ4v) is 3.05. The molecule has 0 radical (unpaired) electrons. The van der Waals surface area contributed by atoms with Gasteiger partial charge in [-0.15, -0.1) is 0 Å². The molecule has 0 aliphatic carbocycles. The molecule has 1 heterocycles. The van der Waals surface area contributed by atoms with Crippen molar-refractivity contribution in [1.29, 1.82) is 0 Å². The van der Waals surface area contributed by atoms with Crippen LogP contribution in [0.4, 0.5) is 0 Å². The summed E-state index contributed by atoms with van der Waals surface area (Å²) in [6.45, 7) is 0.118. The van der Waals surface area contributed by atoms with Crippen molar-refractivity contribution in [1.82, 2.24) is 4.72 Å². The Morgan fingerprint density at radius 1 is 1.29 bits per heavy atom. The third kappa shape index (κ3) is 3.54. The lowest BCUT2D eigenvalue weighted by Gasteiger charge is -2.10. The van der Waals surface area contributed by atoms with Crippen LogP contribution in [0.2, 0.25) is 0 Å². The van der Waals surface area contributed by atoms with E-state index in [1.165, 1.54) is 0 Å². The Morgan fingerprint density at radius 2 is 2.00 bits per heavy atom. The van der Waals surface area contributed by atoms with E-state index in [2.05, 4.69) is 4.72 Å². The Balaban J connectivity index is 1.98. The summed E-state index contributed by atoms with van der Waals surface area (Å²) >= 11 is 0. The Labute approximate surface area is 99.8 Å². The summed E-state index contributed by atoms with van der Waals surface area (Å²) < 4.78 is 30.7. The Hall–Kier alpha value is -1.40. The van der Waals surface area contributed by atoms with E-state index in [4.69, 9.17) is 4.74 Å². The Kier molecular flexibility index (Phi) is 3.44. The summed E-state index contributed by atoms with van der Waals surface area (Å²) in [6, 6.07) is 8.45. The first-order valence-corrected chi connectivity index (χ1v) is 6.90. The molecule has 1 aromatic carbocycles. The van der Waals surface area contributed by atoms with Gasteiger partial charge in [-0.3, -0.25) is 4.79 Å². The minimum absolute atomic E-state index is 0.0848. The minimum atomic E-state index is -3.42. The highest BCUT2D eigenvalue weighted by molar-refractivity contribution is 7.88. The number of hydrogen-bond acceptors (Lipinski definition) is 4. The zero-order valence-electron chi connectivity index (χ0n) is 9.13.